The van der Waals surface area contributed by atoms with Gasteiger partial charge in [-0.3, -0.25) is 4.79 Å². The summed E-state index contributed by atoms with van der Waals surface area (Å²) in [6.07, 6.45) is 1.75. The Morgan fingerprint density at radius 2 is 1.89 bits per heavy atom. The van der Waals surface area contributed by atoms with Crippen LogP contribution in [-0.4, -0.2) is 5.91 Å². The van der Waals surface area contributed by atoms with Crippen molar-refractivity contribution in [1.82, 2.24) is 0 Å². The Bertz CT molecular complexity index is 521. The summed E-state index contributed by atoms with van der Waals surface area (Å²) in [6.45, 7) is 4.09. The molecule has 1 saturated carbocycles. The van der Waals surface area contributed by atoms with Crippen LogP contribution in [0.25, 0.3) is 0 Å². The van der Waals surface area contributed by atoms with E-state index in [4.69, 9.17) is 23.2 Å². The van der Waals surface area contributed by atoms with Crippen LogP contribution in [0.2, 0.25) is 0 Å². The molecule has 102 valence electrons. The van der Waals surface area contributed by atoms with E-state index in [-0.39, 0.29) is 27.6 Å². The Kier molecular flexibility index (Phi) is 4.48. The average molecular weight is 410 g/mol. The van der Waals surface area contributed by atoms with Gasteiger partial charge in [-0.05, 0) is 64.3 Å². The highest BCUT2D eigenvalue weighted by Crippen LogP contribution is 2.59. The maximum absolute atomic E-state index is 12.2. The van der Waals surface area contributed by atoms with Crippen LogP contribution in [0, 0.1) is 20.8 Å². The number of amides is 1. The molecule has 0 radical (unpaired) electrons. The quantitative estimate of drug-likeness (QED) is 0.712. The predicted octanol–water partition coefficient (Wildman–Crippen LogP) is 4.82. The van der Waals surface area contributed by atoms with Crippen molar-refractivity contribution >= 4 is 57.4 Å². The molecule has 1 fully saturated rings. The summed E-state index contributed by atoms with van der Waals surface area (Å²) in [6, 6.07) is 7.71. The van der Waals surface area contributed by atoms with Crippen molar-refractivity contribution in [3.8, 4) is 0 Å². The molecule has 0 saturated heterocycles. The van der Waals surface area contributed by atoms with Gasteiger partial charge in [-0.15, -0.1) is 0 Å². The standard InChI is InChI=1S/C14H14Cl2INO/c1-14(2)10(7-11(15)16)12(14)13(19)18-9-5-3-8(17)4-6-9/h3-7,10,12H,1-2H3,(H,18,19)/t10-,12+/m1/s1. The lowest BCUT2D eigenvalue weighted by Crippen LogP contribution is -2.16. The van der Waals surface area contributed by atoms with Crippen molar-refractivity contribution in [2.45, 2.75) is 13.8 Å². The van der Waals surface area contributed by atoms with Gasteiger partial charge >= 0.3 is 0 Å². The summed E-state index contributed by atoms with van der Waals surface area (Å²) in [4.78, 5) is 12.2. The third-order valence-corrected chi connectivity index (χ3v) is 4.58. The minimum atomic E-state index is -0.0949. The molecule has 0 unspecified atom stereocenters. The van der Waals surface area contributed by atoms with E-state index < -0.39 is 0 Å². The van der Waals surface area contributed by atoms with Crippen LogP contribution in [0.15, 0.2) is 34.8 Å². The first-order valence-electron chi connectivity index (χ1n) is 5.91. The second kappa shape index (κ2) is 5.62. The lowest BCUT2D eigenvalue weighted by Gasteiger charge is -2.06. The molecule has 1 aliphatic carbocycles. The molecule has 0 aromatic heterocycles. The molecule has 1 N–H and O–H groups in total. The number of allylic oxidation sites excluding steroid dienone is 1. The summed E-state index contributed by atoms with van der Waals surface area (Å²) in [5, 5.41) is 2.93. The van der Waals surface area contributed by atoms with Gasteiger partial charge in [-0.25, -0.2) is 0 Å². The molecule has 0 heterocycles. The van der Waals surface area contributed by atoms with Crippen molar-refractivity contribution < 1.29 is 4.79 Å². The van der Waals surface area contributed by atoms with E-state index in [9.17, 15) is 4.79 Å². The van der Waals surface area contributed by atoms with Crippen LogP contribution in [0.5, 0.6) is 0 Å². The van der Waals surface area contributed by atoms with Crippen molar-refractivity contribution in [3.63, 3.8) is 0 Å². The maximum Gasteiger partial charge on any atom is 0.228 e. The number of carbonyl (C=O) groups excluding carboxylic acids is 1. The molecule has 0 aliphatic heterocycles. The fourth-order valence-electron chi connectivity index (χ4n) is 2.38. The molecule has 2 atom stereocenters. The summed E-state index contributed by atoms with van der Waals surface area (Å²) in [5.41, 5.74) is 0.718. The molecular weight excluding hydrogens is 396 g/mol. The van der Waals surface area contributed by atoms with Crippen LogP contribution in [0.3, 0.4) is 0 Å². The molecule has 2 rings (SSSR count). The fourth-order valence-corrected chi connectivity index (χ4v) is 3.01. The van der Waals surface area contributed by atoms with Gasteiger partial charge in [0.2, 0.25) is 5.91 Å². The lowest BCUT2D eigenvalue weighted by molar-refractivity contribution is -0.118. The largest absolute Gasteiger partial charge is 0.326 e. The zero-order valence-corrected chi connectivity index (χ0v) is 14.3. The number of rotatable bonds is 3. The number of benzene rings is 1. The van der Waals surface area contributed by atoms with E-state index in [2.05, 4.69) is 27.9 Å². The van der Waals surface area contributed by atoms with Crippen LogP contribution < -0.4 is 5.32 Å². The van der Waals surface area contributed by atoms with Crippen LogP contribution >= 0.6 is 45.8 Å². The molecule has 0 spiro atoms. The highest BCUT2D eigenvalue weighted by molar-refractivity contribution is 14.1. The SMILES string of the molecule is CC1(C)[C@H](C=C(Cl)Cl)[C@H]1C(=O)Nc1ccc(I)cc1. The minimum absolute atomic E-state index is 0.0158. The van der Waals surface area contributed by atoms with E-state index in [1.807, 2.05) is 38.1 Å². The molecule has 1 amide bonds. The smallest absolute Gasteiger partial charge is 0.228 e. The van der Waals surface area contributed by atoms with Gasteiger partial charge < -0.3 is 5.32 Å². The Labute approximate surface area is 136 Å². The third-order valence-electron chi connectivity index (χ3n) is 3.61. The normalized spacial score (nSPS) is 23.6. The van der Waals surface area contributed by atoms with E-state index >= 15 is 0 Å². The molecule has 1 aromatic rings. The van der Waals surface area contributed by atoms with E-state index in [0.717, 1.165) is 9.26 Å². The fraction of sp³-hybridized carbons (Fsp3) is 0.357. The summed E-state index contributed by atoms with van der Waals surface area (Å²) >= 11 is 13.6. The van der Waals surface area contributed by atoms with Gasteiger partial charge in [0.1, 0.15) is 4.49 Å². The number of carbonyl (C=O) groups is 1. The Morgan fingerprint density at radius 3 is 2.42 bits per heavy atom. The number of nitrogens with one attached hydrogen (secondary N) is 1. The zero-order chi connectivity index (χ0) is 14.2. The van der Waals surface area contributed by atoms with Crippen molar-refractivity contribution in [1.29, 1.82) is 0 Å². The lowest BCUT2D eigenvalue weighted by atomic mass is 10.1. The summed E-state index contributed by atoms with van der Waals surface area (Å²) in [5.74, 6) is 0.0302. The Hall–Kier alpha value is -0.260. The van der Waals surface area contributed by atoms with E-state index in [1.165, 1.54) is 0 Å². The number of anilines is 1. The van der Waals surface area contributed by atoms with Crippen LogP contribution in [-0.2, 0) is 4.79 Å². The van der Waals surface area contributed by atoms with Gasteiger partial charge in [0.05, 0.1) is 5.92 Å². The van der Waals surface area contributed by atoms with Gasteiger partial charge in [-0.1, -0.05) is 37.0 Å². The first-order chi connectivity index (χ1) is 8.82. The third kappa shape index (κ3) is 3.44. The van der Waals surface area contributed by atoms with Crippen LogP contribution in [0.1, 0.15) is 13.8 Å². The first kappa shape index (κ1) is 15.1. The Balaban J connectivity index is 2.05. The highest BCUT2D eigenvalue weighted by atomic mass is 127. The van der Waals surface area contributed by atoms with Gasteiger partial charge in [0.15, 0.2) is 0 Å². The Morgan fingerprint density at radius 1 is 1.32 bits per heavy atom. The number of halogens is 3. The molecule has 19 heavy (non-hydrogen) atoms. The van der Waals surface area contributed by atoms with Crippen molar-refractivity contribution in [2.24, 2.45) is 17.3 Å². The first-order valence-corrected chi connectivity index (χ1v) is 7.75. The van der Waals surface area contributed by atoms with Gasteiger partial charge in [-0.2, -0.15) is 0 Å². The molecule has 0 bridgehead atoms. The molecule has 1 aromatic carbocycles. The molecular formula is C14H14Cl2INO. The van der Waals surface area contributed by atoms with Crippen molar-refractivity contribution in [2.75, 3.05) is 5.32 Å². The average Bonchev–Trinajstić information content (AvgIpc) is 2.83. The summed E-state index contributed by atoms with van der Waals surface area (Å²) in [7, 11) is 0. The monoisotopic (exact) mass is 409 g/mol. The maximum atomic E-state index is 12.2. The molecule has 1 aliphatic rings. The number of hydrogen-bond donors (Lipinski definition) is 1. The second-order valence-corrected chi connectivity index (χ2v) is 7.53. The van der Waals surface area contributed by atoms with Crippen LogP contribution in [0.4, 0.5) is 5.69 Å². The predicted molar refractivity (Wildman–Crippen MR) is 88.3 cm³/mol. The molecule has 5 heteroatoms. The van der Waals surface area contributed by atoms with E-state index in [0.29, 0.717) is 0 Å². The topological polar surface area (TPSA) is 29.1 Å². The second-order valence-electron chi connectivity index (χ2n) is 5.28. The zero-order valence-electron chi connectivity index (χ0n) is 10.6. The highest BCUT2D eigenvalue weighted by Gasteiger charge is 2.60. The summed E-state index contributed by atoms with van der Waals surface area (Å²) < 4.78 is 1.36. The van der Waals surface area contributed by atoms with Gasteiger partial charge in [0.25, 0.3) is 0 Å². The van der Waals surface area contributed by atoms with Gasteiger partial charge in [0, 0.05) is 9.26 Å². The number of hydrogen-bond acceptors (Lipinski definition) is 1. The molecule has 2 nitrogen and oxygen atoms in total. The van der Waals surface area contributed by atoms with E-state index in [1.54, 1.807) is 6.08 Å². The minimum Gasteiger partial charge on any atom is -0.326 e. The van der Waals surface area contributed by atoms with Crippen molar-refractivity contribution in [3.05, 3.63) is 38.4 Å².